The topological polar surface area (TPSA) is 80.8 Å². The number of amides is 1. The summed E-state index contributed by atoms with van der Waals surface area (Å²) < 4.78 is 31.9. The summed E-state index contributed by atoms with van der Waals surface area (Å²) in [6, 6.07) is 16.7. The summed E-state index contributed by atoms with van der Waals surface area (Å²) in [4.78, 5) is 25.3. The molecule has 3 aromatic rings. The summed E-state index contributed by atoms with van der Waals surface area (Å²) in [5.41, 5.74) is 1.40. The fourth-order valence-electron chi connectivity index (χ4n) is 2.84. The van der Waals surface area contributed by atoms with E-state index in [4.69, 9.17) is 4.74 Å². The Bertz CT molecular complexity index is 1170. The van der Waals surface area contributed by atoms with Gasteiger partial charge in [0.2, 0.25) is 10.0 Å². The Labute approximate surface area is 189 Å². The first-order chi connectivity index (χ1) is 14.8. The fraction of sp³-hybridized carbons (Fsp3) is 0.182. The van der Waals surface area contributed by atoms with Gasteiger partial charge in [0, 0.05) is 11.3 Å². The molecule has 31 heavy (non-hydrogen) atoms. The Kier molecular flexibility index (Phi) is 7.53. The van der Waals surface area contributed by atoms with Crippen molar-refractivity contribution in [1.82, 2.24) is 0 Å². The molecule has 162 valence electrons. The van der Waals surface area contributed by atoms with Crippen LogP contribution in [0.25, 0.3) is 0 Å². The van der Waals surface area contributed by atoms with E-state index in [0.717, 1.165) is 16.0 Å². The number of benzene rings is 2. The largest absolute Gasteiger partial charge is 0.462 e. The van der Waals surface area contributed by atoms with Gasteiger partial charge in [-0.2, -0.15) is 0 Å². The first-order valence-electron chi connectivity index (χ1n) is 9.36. The Balaban J connectivity index is 1.90. The molecule has 0 saturated carbocycles. The van der Waals surface area contributed by atoms with Crippen LogP contribution in [0.3, 0.4) is 0 Å². The van der Waals surface area contributed by atoms with Crippen molar-refractivity contribution in [3.8, 4) is 0 Å². The Morgan fingerprint density at radius 2 is 1.77 bits per heavy atom. The quantitative estimate of drug-likeness (QED) is 0.343. The molecule has 6 nitrogen and oxygen atoms in total. The highest BCUT2D eigenvalue weighted by Crippen LogP contribution is 2.28. The van der Waals surface area contributed by atoms with Gasteiger partial charge in [-0.15, -0.1) is 23.1 Å². The lowest BCUT2D eigenvalue weighted by Crippen LogP contribution is -2.36. The van der Waals surface area contributed by atoms with E-state index in [1.165, 1.54) is 24.3 Å². The van der Waals surface area contributed by atoms with E-state index < -0.39 is 21.9 Å². The average Bonchev–Trinajstić information content (AvgIpc) is 3.26. The Morgan fingerprint density at radius 1 is 1.03 bits per heavy atom. The van der Waals surface area contributed by atoms with E-state index >= 15 is 0 Å². The van der Waals surface area contributed by atoms with Crippen LogP contribution in [-0.4, -0.2) is 33.2 Å². The normalized spacial score (nSPS) is 11.2. The van der Waals surface area contributed by atoms with Crippen LogP contribution in [0.5, 0.6) is 0 Å². The van der Waals surface area contributed by atoms with E-state index in [1.807, 2.05) is 23.6 Å². The molecule has 2 aromatic carbocycles. The average molecular weight is 476 g/mol. The summed E-state index contributed by atoms with van der Waals surface area (Å²) in [5, 5.41) is 2.00. The van der Waals surface area contributed by atoms with Gasteiger partial charge in [-0.25, -0.2) is 17.5 Å². The standard InChI is InChI=1S/C22H21NO5S3/c1-3-28-22(25)18-9-5-10-19(14-18)23(31(2,26)27)21(24)17-8-4-7-16(13-17)15-30-20-11-6-12-29-20/h4-14H,3,15H2,1-2H3. The lowest BCUT2D eigenvalue weighted by Gasteiger charge is -2.21. The number of carbonyl (C=O) groups excluding carboxylic acids is 2. The van der Waals surface area contributed by atoms with Crippen LogP contribution < -0.4 is 4.31 Å². The number of nitrogens with zero attached hydrogens (tertiary/aromatic N) is 1. The minimum Gasteiger partial charge on any atom is -0.462 e. The molecule has 0 bridgehead atoms. The highest BCUT2D eigenvalue weighted by atomic mass is 32.2. The van der Waals surface area contributed by atoms with Crippen molar-refractivity contribution in [2.24, 2.45) is 0 Å². The summed E-state index contributed by atoms with van der Waals surface area (Å²) in [7, 11) is -3.95. The molecular weight excluding hydrogens is 454 g/mol. The van der Waals surface area contributed by atoms with Crippen molar-refractivity contribution in [1.29, 1.82) is 0 Å². The van der Waals surface area contributed by atoms with Gasteiger partial charge < -0.3 is 4.74 Å². The van der Waals surface area contributed by atoms with E-state index in [0.29, 0.717) is 10.1 Å². The molecule has 0 unspecified atom stereocenters. The molecule has 0 aliphatic rings. The number of esters is 1. The molecule has 0 radical (unpaired) electrons. The van der Waals surface area contributed by atoms with Crippen molar-refractivity contribution < 1.29 is 22.7 Å². The molecule has 0 aliphatic carbocycles. The minimum absolute atomic E-state index is 0.0800. The molecule has 0 spiro atoms. The van der Waals surface area contributed by atoms with Crippen LogP contribution in [0.15, 0.2) is 70.3 Å². The molecule has 0 N–H and O–H groups in total. The first kappa shape index (κ1) is 23.1. The molecule has 0 atom stereocenters. The second-order valence-corrected chi connectivity index (χ2v) is 10.6. The lowest BCUT2D eigenvalue weighted by molar-refractivity contribution is 0.0526. The number of anilines is 1. The number of hydrogen-bond acceptors (Lipinski definition) is 7. The van der Waals surface area contributed by atoms with Crippen LogP contribution in [0.2, 0.25) is 0 Å². The zero-order valence-electron chi connectivity index (χ0n) is 17.0. The summed E-state index contributed by atoms with van der Waals surface area (Å²) >= 11 is 3.28. The highest BCUT2D eigenvalue weighted by Gasteiger charge is 2.27. The zero-order valence-corrected chi connectivity index (χ0v) is 19.4. The number of hydrogen-bond donors (Lipinski definition) is 0. The van der Waals surface area contributed by atoms with Gasteiger partial charge in [0.05, 0.1) is 28.3 Å². The van der Waals surface area contributed by atoms with Crippen molar-refractivity contribution >= 4 is 50.7 Å². The maximum atomic E-state index is 13.2. The van der Waals surface area contributed by atoms with E-state index in [9.17, 15) is 18.0 Å². The van der Waals surface area contributed by atoms with Gasteiger partial charge in [-0.1, -0.05) is 24.3 Å². The maximum absolute atomic E-state index is 13.2. The first-order valence-corrected chi connectivity index (χ1v) is 13.1. The third kappa shape index (κ3) is 5.96. The maximum Gasteiger partial charge on any atom is 0.338 e. The number of thiophene rings is 1. The zero-order chi connectivity index (χ0) is 22.4. The van der Waals surface area contributed by atoms with Crippen LogP contribution in [0.1, 0.15) is 33.2 Å². The Morgan fingerprint density at radius 3 is 2.45 bits per heavy atom. The SMILES string of the molecule is CCOC(=O)c1cccc(N(C(=O)c2cccc(CSc3cccs3)c2)S(C)(=O)=O)c1. The predicted molar refractivity (Wildman–Crippen MR) is 124 cm³/mol. The van der Waals surface area contributed by atoms with Gasteiger partial charge in [0.25, 0.3) is 5.91 Å². The van der Waals surface area contributed by atoms with Gasteiger partial charge in [-0.3, -0.25) is 4.79 Å². The van der Waals surface area contributed by atoms with Crippen LogP contribution in [-0.2, 0) is 20.5 Å². The van der Waals surface area contributed by atoms with Crippen molar-refractivity contribution in [2.75, 3.05) is 17.2 Å². The summed E-state index contributed by atoms with van der Waals surface area (Å²) in [5.74, 6) is -0.622. The molecule has 0 saturated heterocycles. The molecule has 9 heteroatoms. The van der Waals surface area contributed by atoms with Crippen molar-refractivity contribution in [3.05, 3.63) is 82.7 Å². The number of carbonyl (C=O) groups is 2. The number of rotatable bonds is 8. The number of thioether (sulfide) groups is 1. The van der Waals surface area contributed by atoms with E-state index in [2.05, 4.69) is 0 Å². The monoisotopic (exact) mass is 475 g/mol. The second kappa shape index (κ2) is 10.1. The van der Waals surface area contributed by atoms with E-state index in [1.54, 1.807) is 48.2 Å². The predicted octanol–water partition coefficient (Wildman–Crippen LogP) is 4.82. The van der Waals surface area contributed by atoms with Crippen molar-refractivity contribution in [2.45, 2.75) is 16.9 Å². The van der Waals surface area contributed by atoms with Crippen LogP contribution in [0.4, 0.5) is 5.69 Å². The smallest absolute Gasteiger partial charge is 0.338 e. The van der Waals surface area contributed by atoms with Gasteiger partial charge in [0.1, 0.15) is 0 Å². The minimum atomic E-state index is -3.95. The molecule has 0 aliphatic heterocycles. The molecule has 3 rings (SSSR count). The summed E-state index contributed by atoms with van der Waals surface area (Å²) in [6.45, 7) is 1.87. The van der Waals surface area contributed by atoms with Crippen LogP contribution in [0, 0.1) is 0 Å². The third-order valence-electron chi connectivity index (χ3n) is 4.16. The fourth-order valence-corrected chi connectivity index (χ4v) is 5.47. The van der Waals surface area contributed by atoms with E-state index in [-0.39, 0.29) is 23.4 Å². The highest BCUT2D eigenvalue weighted by molar-refractivity contribution is 8.00. The van der Waals surface area contributed by atoms with Gasteiger partial charge >= 0.3 is 5.97 Å². The molecule has 1 amide bonds. The van der Waals surface area contributed by atoms with Gasteiger partial charge in [-0.05, 0) is 54.3 Å². The van der Waals surface area contributed by atoms with Crippen LogP contribution >= 0.6 is 23.1 Å². The second-order valence-electron chi connectivity index (χ2n) is 6.52. The van der Waals surface area contributed by atoms with Gasteiger partial charge in [0.15, 0.2) is 0 Å². The lowest BCUT2D eigenvalue weighted by atomic mass is 10.1. The number of ether oxygens (including phenoxy) is 1. The number of sulfonamides is 1. The summed E-state index contributed by atoms with van der Waals surface area (Å²) in [6.07, 6.45) is 0.957. The molecular formula is C22H21NO5S3. The third-order valence-corrected chi connectivity index (χ3v) is 7.40. The molecule has 1 aromatic heterocycles. The molecule has 1 heterocycles. The van der Waals surface area contributed by atoms with Crippen molar-refractivity contribution in [3.63, 3.8) is 0 Å². The Hall–Kier alpha value is -2.62. The molecule has 0 fully saturated rings.